The summed E-state index contributed by atoms with van der Waals surface area (Å²) in [4.78, 5) is 16.8. The number of rotatable bonds is 4. The first-order chi connectivity index (χ1) is 15.7. The van der Waals surface area contributed by atoms with Crippen LogP contribution in [0.3, 0.4) is 0 Å². The van der Waals surface area contributed by atoms with Crippen LogP contribution in [0.1, 0.15) is 23.3 Å². The topological polar surface area (TPSA) is 43.8 Å². The van der Waals surface area contributed by atoms with Crippen molar-refractivity contribution in [1.29, 1.82) is 0 Å². The summed E-state index contributed by atoms with van der Waals surface area (Å²) in [7, 11) is 0. The molecule has 0 aromatic heterocycles. The molecule has 0 aliphatic carbocycles. The van der Waals surface area contributed by atoms with E-state index >= 15 is 0 Å². The molecule has 1 heterocycles. The summed E-state index contributed by atoms with van der Waals surface area (Å²) in [5.41, 5.74) is 1.88. The highest BCUT2D eigenvalue weighted by Gasteiger charge is 2.35. The number of anilines is 1. The number of benzene rings is 3. The summed E-state index contributed by atoms with van der Waals surface area (Å²) in [6, 6.07) is 15.9. The third kappa shape index (κ3) is 5.23. The van der Waals surface area contributed by atoms with Crippen molar-refractivity contribution < 1.29 is 14.3 Å². The van der Waals surface area contributed by atoms with Crippen molar-refractivity contribution in [3.63, 3.8) is 0 Å². The van der Waals surface area contributed by atoms with E-state index in [-0.39, 0.29) is 23.2 Å². The van der Waals surface area contributed by atoms with Crippen LogP contribution in [-0.4, -0.2) is 35.5 Å². The molecule has 1 unspecified atom stereocenters. The molecule has 2 atom stereocenters. The maximum absolute atomic E-state index is 13.4. The third-order valence-corrected chi connectivity index (χ3v) is 6.77. The van der Waals surface area contributed by atoms with Gasteiger partial charge in [0, 0.05) is 40.3 Å². The Morgan fingerprint density at radius 3 is 2.27 bits per heavy atom. The van der Waals surface area contributed by atoms with Gasteiger partial charge in [-0.15, -0.1) is 0 Å². The predicted octanol–water partition coefficient (Wildman–Crippen LogP) is 6.56. The van der Waals surface area contributed by atoms with Crippen LogP contribution in [0.15, 0.2) is 60.7 Å². The highest BCUT2D eigenvalue weighted by Crippen LogP contribution is 2.37. The third-order valence-electron chi connectivity index (χ3n) is 5.66. The van der Waals surface area contributed by atoms with Crippen LogP contribution in [0.4, 0.5) is 10.1 Å². The SMILES string of the molecule is O=C(C(O)c1ccc(F)cc1Cl)N1CCN(c2ccc(Cl)cc2Cl)[C@H](c2ccc(Cl)cc2)C1. The molecule has 1 saturated heterocycles. The summed E-state index contributed by atoms with van der Waals surface area (Å²) < 4.78 is 13.4. The fraction of sp³-hybridized carbons (Fsp3) is 0.208. The molecule has 0 saturated carbocycles. The van der Waals surface area contributed by atoms with Gasteiger partial charge in [0.05, 0.1) is 16.8 Å². The Bertz CT molecular complexity index is 1180. The first-order valence-electron chi connectivity index (χ1n) is 10.1. The minimum atomic E-state index is -1.50. The molecule has 0 radical (unpaired) electrons. The number of nitrogens with zero attached hydrogens (tertiary/aromatic N) is 2. The normalized spacial score (nSPS) is 17.2. The number of carbonyl (C=O) groups is 1. The summed E-state index contributed by atoms with van der Waals surface area (Å²) >= 11 is 24.7. The van der Waals surface area contributed by atoms with Crippen molar-refractivity contribution in [2.24, 2.45) is 0 Å². The molecule has 0 bridgehead atoms. The van der Waals surface area contributed by atoms with Gasteiger partial charge in [0.1, 0.15) is 5.82 Å². The standard InChI is InChI=1S/C24H19Cl4FN2O2/c25-15-3-1-14(2-4-15)22-13-30(9-10-31(22)21-8-5-16(26)11-20(21)28)24(33)23(32)18-7-6-17(29)12-19(18)27/h1-8,11-12,22-23,32H,9-10,13H2/t22-,23?/m0/s1. The van der Waals surface area contributed by atoms with Crippen molar-refractivity contribution in [2.75, 3.05) is 24.5 Å². The molecule has 1 fully saturated rings. The van der Waals surface area contributed by atoms with Crippen LogP contribution < -0.4 is 4.90 Å². The molecular formula is C24H19Cl4FN2O2. The van der Waals surface area contributed by atoms with Crippen LogP contribution >= 0.6 is 46.4 Å². The molecule has 1 amide bonds. The number of hydrogen-bond donors (Lipinski definition) is 1. The van der Waals surface area contributed by atoms with Gasteiger partial charge in [0.25, 0.3) is 5.91 Å². The van der Waals surface area contributed by atoms with Crippen LogP contribution in [0, 0.1) is 5.82 Å². The highest BCUT2D eigenvalue weighted by atomic mass is 35.5. The van der Waals surface area contributed by atoms with Crippen LogP contribution in [0.5, 0.6) is 0 Å². The van der Waals surface area contributed by atoms with Gasteiger partial charge in [-0.25, -0.2) is 4.39 Å². The number of piperazine rings is 1. The molecule has 4 rings (SSSR count). The molecular weight excluding hydrogens is 509 g/mol. The Morgan fingerprint density at radius 2 is 1.61 bits per heavy atom. The Balaban J connectivity index is 1.64. The number of aliphatic hydroxyl groups excluding tert-OH is 1. The average Bonchev–Trinajstić information content (AvgIpc) is 2.78. The van der Waals surface area contributed by atoms with Gasteiger partial charge in [-0.3, -0.25) is 4.79 Å². The Morgan fingerprint density at radius 1 is 0.909 bits per heavy atom. The van der Waals surface area contributed by atoms with Gasteiger partial charge < -0.3 is 14.9 Å². The van der Waals surface area contributed by atoms with Gasteiger partial charge in [-0.2, -0.15) is 0 Å². The van der Waals surface area contributed by atoms with E-state index in [1.54, 1.807) is 29.2 Å². The lowest BCUT2D eigenvalue weighted by atomic mass is 10.00. The molecule has 0 spiro atoms. The van der Waals surface area contributed by atoms with Gasteiger partial charge in [0.2, 0.25) is 0 Å². The molecule has 172 valence electrons. The van der Waals surface area contributed by atoms with Crippen LogP contribution in [0.2, 0.25) is 20.1 Å². The molecule has 4 nitrogen and oxygen atoms in total. The Labute approximate surface area is 211 Å². The van der Waals surface area contributed by atoms with E-state index in [0.717, 1.165) is 23.4 Å². The van der Waals surface area contributed by atoms with Crippen molar-refractivity contribution in [3.8, 4) is 0 Å². The smallest absolute Gasteiger partial charge is 0.256 e. The van der Waals surface area contributed by atoms with Gasteiger partial charge in [0.15, 0.2) is 6.10 Å². The lowest BCUT2D eigenvalue weighted by Crippen LogP contribution is -2.51. The maximum Gasteiger partial charge on any atom is 0.256 e. The first-order valence-corrected chi connectivity index (χ1v) is 11.6. The van der Waals surface area contributed by atoms with E-state index in [2.05, 4.69) is 4.90 Å². The van der Waals surface area contributed by atoms with Crippen molar-refractivity contribution >= 4 is 58.0 Å². The summed E-state index contributed by atoms with van der Waals surface area (Å²) in [5, 5.41) is 12.3. The molecule has 9 heteroatoms. The van der Waals surface area contributed by atoms with E-state index in [0.29, 0.717) is 28.2 Å². The zero-order chi connectivity index (χ0) is 23.7. The minimum Gasteiger partial charge on any atom is -0.378 e. The maximum atomic E-state index is 13.4. The number of halogens is 5. The van der Waals surface area contributed by atoms with E-state index in [1.807, 2.05) is 18.2 Å². The minimum absolute atomic E-state index is 0.00307. The number of amides is 1. The second-order valence-electron chi connectivity index (χ2n) is 7.71. The average molecular weight is 528 g/mol. The lowest BCUT2D eigenvalue weighted by Gasteiger charge is -2.44. The van der Waals surface area contributed by atoms with E-state index in [4.69, 9.17) is 46.4 Å². The molecule has 3 aromatic carbocycles. The highest BCUT2D eigenvalue weighted by molar-refractivity contribution is 6.36. The molecule has 1 aliphatic heterocycles. The van der Waals surface area contributed by atoms with Crippen LogP contribution in [0.25, 0.3) is 0 Å². The molecule has 33 heavy (non-hydrogen) atoms. The second-order valence-corrected chi connectivity index (χ2v) is 9.40. The summed E-state index contributed by atoms with van der Waals surface area (Å²) in [6.07, 6.45) is -1.50. The zero-order valence-electron chi connectivity index (χ0n) is 17.2. The van der Waals surface area contributed by atoms with Crippen molar-refractivity contribution in [1.82, 2.24) is 4.90 Å². The first kappa shape index (κ1) is 24.1. The molecule has 1 aliphatic rings. The van der Waals surface area contributed by atoms with Gasteiger partial charge in [-0.05, 0) is 48.0 Å². The van der Waals surface area contributed by atoms with Crippen LogP contribution in [-0.2, 0) is 4.79 Å². The Kier molecular flexibility index (Phi) is 7.37. The monoisotopic (exact) mass is 526 g/mol. The number of aliphatic hydroxyl groups is 1. The van der Waals surface area contributed by atoms with Crippen molar-refractivity contribution in [3.05, 3.63) is 97.7 Å². The summed E-state index contributed by atoms with van der Waals surface area (Å²) in [6.45, 7) is 1.09. The number of carbonyl (C=O) groups excluding carboxylic acids is 1. The number of hydrogen-bond acceptors (Lipinski definition) is 3. The zero-order valence-corrected chi connectivity index (χ0v) is 20.2. The van der Waals surface area contributed by atoms with Gasteiger partial charge >= 0.3 is 0 Å². The fourth-order valence-electron chi connectivity index (χ4n) is 3.99. The molecule has 3 aromatic rings. The van der Waals surface area contributed by atoms with Gasteiger partial charge in [-0.1, -0.05) is 64.6 Å². The second kappa shape index (κ2) is 10.1. The fourth-order valence-corrected chi connectivity index (χ4v) is 4.90. The predicted molar refractivity (Wildman–Crippen MR) is 131 cm³/mol. The quantitative estimate of drug-likeness (QED) is 0.417. The molecule has 1 N–H and O–H groups in total. The lowest BCUT2D eigenvalue weighted by molar-refractivity contribution is -0.141. The largest absolute Gasteiger partial charge is 0.378 e. The summed E-state index contributed by atoms with van der Waals surface area (Å²) in [5.74, 6) is -1.05. The Hall–Kier alpha value is -2.02. The van der Waals surface area contributed by atoms with E-state index in [9.17, 15) is 14.3 Å². The van der Waals surface area contributed by atoms with E-state index < -0.39 is 17.8 Å². The van der Waals surface area contributed by atoms with Crippen molar-refractivity contribution in [2.45, 2.75) is 12.1 Å². The van der Waals surface area contributed by atoms with E-state index in [1.165, 1.54) is 6.07 Å².